The Morgan fingerprint density at radius 1 is 1.50 bits per heavy atom. The molecule has 3 heteroatoms. The van der Waals surface area contributed by atoms with Gasteiger partial charge in [0.2, 0.25) is 0 Å². The molecule has 0 aromatic heterocycles. The van der Waals surface area contributed by atoms with Crippen LogP contribution in [0, 0.1) is 5.92 Å². The molecule has 1 rings (SSSR count). The van der Waals surface area contributed by atoms with Crippen molar-refractivity contribution in [1.29, 1.82) is 0 Å². The van der Waals surface area contributed by atoms with E-state index >= 15 is 0 Å². The molecule has 82 valence electrons. The molecule has 0 radical (unpaired) electrons. The van der Waals surface area contributed by atoms with E-state index in [0.29, 0.717) is 5.92 Å². The van der Waals surface area contributed by atoms with Crippen LogP contribution in [0.15, 0.2) is 0 Å². The number of rotatable bonds is 2. The van der Waals surface area contributed by atoms with Crippen LogP contribution in [0.5, 0.6) is 0 Å². The van der Waals surface area contributed by atoms with Gasteiger partial charge in [-0.2, -0.15) is 0 Å². The number of carbonyl (C=O) groups excluding carboxylic acids is 1. The van der Waals surface area contributed by atoms with Crippen molar-refractivity contribution in [2.24, 2.45) is 5.92 Å². The summed E-state index contributed by atoms with van der Waals surface area (Å²) < 4.78 is 11.1. The summed E-state index contributed by atoms with van der Waals surface area (Å²) in [6, 6.07) is 0. The first-order valence-corrected chi connectivity index (χ1v) is 5.37. The van der Waals surface area contributed by atoms with Crippen molar-refractivity contribution >= 4 is 5.97 Å². The number of carbonyl (C=O) groups is 1. The van der Waals surface area contributed by atoms with Gasteiger partial charge < -0.3 is 9.47 Å². The lowest BCUT2D eigenvalue weighted by Gasteiger charge is -2.38. The van der Waals surface area contributed by atoms with Crippen LogP contribution in [0.25, 0.3) is 0 Å². The van der Waals surface area contributed by atoms with E-state index in [1.54, 1.807) is 0 Å². The van der Waals surface area contributed by atoms with E-state index in [-0.39, 0.29) is 24.3 Å². The lowest BCUT2D eigenvalue weighted by atomic mass is 9.89. The molecule has 0 spiro atoms. The normalized spacial score (nSPS) is 38.0. The number of hydrogen-bond donors (Lipinski definition) is 0. The van der Waals surface area contributed by atoms with E-state index in [9.17, 15) is 4.79 Å². The molecule has 3 nitrogen and oxygen atoms in total. The monoisotopic (exact) mass is 200 g/mol. The lowest BCUT2D eigenvalue weighted by molar-refractivity contribution is -0.169. The van der Waals surface area contributed by atoms with E-state index in [4.69, 9.17) is 9.47 Å². The Labute approximate surface area is 85.8 Å². The molecule has 0 saturated carbocycles. The van der Waals surface area contributed by atoms with E-state index in [1.807, 2.05) is 6.92 Å². The highest BCUT2D eigenvalue weighted by Crippen LogP contribution is 2.29. The fourth-order valence-corrected chi connectivity index (χ4v) is 2.10. The molecular weight excluding hydrogens is 180 g/mol. The second-order valence-electron chi connectivity index (χ2n) is 4.14. The van der Waals surface area contributed by atoms with Gasteiger partial charge in [-0.15, -0.1) is 0 Å². The summed E-state index contributed by atoms with van der Waals surface area (Å²) >= 11 is 0. The van der Waals surface area contributed by atoms with Gasteiger partial charge >= 0.3 is 5.97 Å². The molecule has 1 aliphatic rings. The summed E-state index contributed by atoms with van der Waals surface area (Å²) in [5.74, 6) is 0.117. The van der Waals surface area contributed by atoms with E-state index in [0.717, 1.165) is 12.8 Å². The van der Waals surface area contributed by atoms with Crippen LogP contribution in [0.3, 0.4) is 0 Å². The second-order valence-corrected chi connectivity index (χ2v) is 4.14. The SMILES string of the molecule is CC[C@H]1O[C@@H](C)C[C@@H](OC(C)=O)[C@@H]1C. The molecule has 0 N–H and O–H groups in total. The molecule has 0 bridgehead atoms. The summed E-state index contributed by atoms with van der Waals surface area (Å²) in [5, 5.41) is 0. The Bertz CT molecular complexity index is 203. The van der Waals surface area contributed by atoms with Gasteiger partial charge in [-0.1, -0.05) is 13.8 Å². The first-order chi connectivity index (χ1) is 6.54. The van der Waals surface area contributed by atoms with Gasteiger partial charge in [0.15, 0.2) is 0 Å². The second kappa shape index (κ2) is 4.78. The molecule has 1 fully saturated rings. The van der Waals surface area contributed by atoms with Crippen LogP contribution in [-0.4, -0.2) is 24.3 Å². The fraction of sp³-hybridized carbons (Fsp3) is 0.909. The highest BCUT2D eigenvalue weighted by Gasteiger charge is 2.34. The zero-order valence-electron chi connectivity index (χ0n) is 9.45. The van der Waals surface area contributed by atoms with Crippen LogP contribution >= 0.6 is 0 Å². The van der Waals surface area contributed by atoms with Crippen molar-refractivity contribution < 1.29 is 14.3 Å². The van der Waals surface area contributed by atoms with Crippen LogP contribution in [-0.2, 0) is 14.3 Å². The third-order valence-corrected chi connectivity index (χ3v) is 2.86. The maximum absolute atomic E-state index is 10.9. The van der Waals surface area contributed by atoms with E-state index < -0.39 is 0 Å². The molecule has 4 atom stereocenters. The summed E-state index contributed by atoms with van der Waals surface area (Å²) in [6.07, 6.45) is 2.24. The molecule has 0 aromatic rings. The fourth-order valence-electron chi connectivity index (χ4n) is 2.10. The van der Waals surface area contributed by atoms with Crippen LogP contribution in [0.2, 0.25) is 0 Å². The van der Waals surface area contributed by atoms with Crippen molar-refractivity contribution in [3.05, 3.63) is 0 Å². The molecule has 14 heavy (non-hydrogen) atoms. The molecule has 0 aromatic carbocycles. The maximum atomic E-state index is 10.9. The largest absolute Gasteiger partial charge is 0.462 e. The van der Waals surface area contributed by atoms with Gasteiger partial charge in [-0.25, -0.2) is 0 Å². The quantitative estimate of drug-likeness (QED) is 0.641. The van der Waals surface area contributed by atoms with E-state index in [1.165, 1.54) is 6.92 Å². The minimum atomic E-state index is -0.189. The zero-order valence-corrected chi connectivity index (χ0v) is 9.45. The standard InChI is InChI=1S/C11H20O3/c1-5-10-8(3)11(14-9(4)12)6-7(2)13-10/h7-8,10-11H,5-6H2,1-4H3/t7-,8+,10+,11+/m0/s1. The van der Waals surface area contributed by atoms with Gasteiger partial charge in [-0.05, 0) is 13.3 Å². The topological polar surface area (TPSA) is 35.5 Å². The van der Waals surface area contributed by atoms with Crippen LogP contribution < -0.4 is 0 Å². The number of esters is 1. The lowest BCUT2D eigenvalue weighted by Crippen LogP contribution is -2.43. The summed E-state index contributed by atoms with van der Waals surface area (Å²) in [5.41, 5.74) is 0. The first kappa shape index (κ1) is 11.5. The van der Waals surface area contributed by atoms with Crippen molar-refractivity contribution in [3.8, 4) is 0 Å². The van der Waals surface area contributed by atoms with Gasteiger partial charge in [-0.3, -0.25) is 4.79 Å². The van der Waals surface area contributed by atoms with Gasteiger partial charge in [0.1, 0.15) is 6.10 Å². The van der Waals surface area contributed by atoms with Crippen molar-refractivity contribution in [2.45, 2.75) is 58.8 Å². The Morgan fingerprint density at radius 2 is 2.14 bits per heavy atom. The van der Waals surface area contributed by atoms with Crippen LogP contribution in [0.1, 0.15) is 40.5 Å². The summed E-state index contributed by atoms with van der Waals surface area (Å²) in [7, 11) is 0. The minimum Gasteiger partial charge on any atom is -0.462 e. The van der Waals surface area contributed by atoms with Gasteiger partial charge in [0.05, 0.1) is 12.2 Å². The Kier molecular flexibility index (Phi) is 3.93. The predicted octanol–water partition coefficient (Wildman–Crippen LogP) is 2.14. The molecule has 1 heterocycles. The van der Waals surface area contributed by atoms with Crippen molar-refractivity contribution in [1.82, 2.24) is 0 Å². The third kappa shape index (κ3) is 2.71. The van der Waals surface area contributed by atoms with Crippen molar-refractivity contribution in [3.63, 3.8) is 0 Å². The molecule has 0 unspecified atom stereocenters. The zero-order chi connectivity index (χ0) is 10.7. The average molecular weight is 200 g/mol. The molecule has 1 aliphatic heterocycles. The molecule has 1 saturated heterocycles. The van der Waals surface area contributed by atoms with E-state index in [2.05, 4.69) is 13.8 Å². The Morgan fingerprint density at radius 3 is 2.64 bits per heavy atom. The first-order valence-electron chi connectivity index (χ1n) is 5.37. The minimum absolute atomic E-state index is 0.0289. The highest BCUT2D eigenvalue weighted by atomic mass is 16.6. The highest BCUT2D eigenvalue weighted by molar-refractivity contribution is 5.66. The Balaban J connectivity index is 2.59. The summed E-state index contributed by atoms with van der Waals surface area (Å²) in [4.78, 5) is 10.9. The smallest absolute Gasteiger partial charge is 0.302 e. The van der Waals surface area contributed by atoms with Gasteiger partial charge in [0.25, 0.3) is 0 Å². The van der Waals surface area contributed by atoms with Crippen LogP contribution in [0.4, 0.5) is 0 Å². The predicted molar refractivity (Wildman–Crippen MR) is 54.0 cm³/mol. The molecular formula is C11H20O3. The summed E-state index contributed by atoms with van der Waals surface area (Å²) in [6.45, 7) is 7.69. The van der Waals surface area contributed by atoms with Gasteiger partial charge in [0, 0.05) is 19.3 Å². The Hall–Kier alpha value is -0.570. The maximum Gasteiger partial charge on any atom is 0.302 e. The number of ether oxygens (including phenoxy) is 2. The van der Waals surface area contributed by atoms with Crippen molar-refractivity contribution in [2.75, 3.05) is 0 Å². The molecule has 0 amide bonds. The molecule has 0 aliphatic carbocycles. The third-order valence-electron chi connectivity index (χ3n) is 2.86. The number of hydrogen-bond acceptors (Lipinski definition) is 3. The average Bonchev–Trinajstić information content (AvgIpc) is 2.09.